The zero-order chi connectivity index (χ0) is 17.4. The van der Waals surface area contributed by atoms with Crippen LogP contribution in [0.2, 0.25) is 5.02 Å². The number of hydrogen-bond donors (Lipinski definition) is 2. The fourth-order valence-corrected chi connectivity index (χ4v) is 2.72. The Bertz CT molecular complexity index is 1080. The lowest BCUT2D eigenvalue weighted by Gasteiger charge is -2.06. The Hall–Kier alpha value is -3.26. The van der Waals surface area contributed by atoms with Crippen molar-refractivity contribution in [2.24, 2.45) is 0 Å². The number of nitrogens with zero attached hydrogens (tertiary/aromatic N) is 5. The normalized spacial score (nSPS) is 11.0. The average molecular weight is 354 g/mol. The van der Waals surface area contributed by atoms with Crippen LogP contribution in [0.4, 0.5) is 5.69 Å². The van der Waals surface area contributed by atoms with Crippen LogP contribution < -0.4 is 5.32 Å². The summed E-state index contributed by atoms with van der Waals surface area (Å²) in [7, 11) is 0. The van der Waals surface area contributed by atoms with Gasteiger partial charge >= 0.3 is 0 Å². The number of halogens is 1. The number of benzene rings is 2. The van der Waals surface area contributed by atoms with Crippen molar-refractivity contribution in [1.29, 1.82) is 0 Å². The summed E-state index contributed by atoms with van der Waals surface area (Å²) in [5, 5.41) is 21.9. The maximum absolute atomic E-state index is 12.5. The highest BCUT2D eigenvalue weighted by atomic mass is 35.5. The third-order valence-electron chi connectivity index (χ3n) is 3.76. The highest BCUT2D eigenvalue weighted by molar-refractivity contribution is 6.32. The van der Waals surface area contributed by atoms with Crippen LogP contribution in [0.3, 0.4) is 0 Å². The van der Waals surface area contributed by atoms with Gasteiger partial charge in [0.25, 0.3) is 5.91 Å². The number of anilines is 1. The SMILES string of the molecule is Cc1c(C(=O)Nc2ccc3n[nH]nc3c2)nnn1-c1ccccc1Cl. The number of fused-ring (bicyclic) bond motifs is 1. The van der Waals surface area contributed by atoms with E-state index in [1.165, 1.54) is 4.68 Å². The van der Waals surface area contributed by atoms with Crippen LogP contribution in [-0.4, -0.2) is 36.3 Å². The van der Waals surface area contributed by atoms with E-state index >= 15 is 0 Å². The number of aromatic amines is 1. The molecule has 8 nitrogen and oxygen atoms in total. The van der Waals surface area contributed by atoms with Crippen molar-refractivity contribution in [3.63, 3.8) is 0 Å². The minimum atomic E-state index is -0.362. The Kier molecular flexibility index (Phi) is 3.66. The van der Waals surface area contributed by atoms with Gasteiger partial charge in [-0.3, -0.25) is 4.79 Å². The van der Waals surface area contributed by atoms with Gasteiger partial charge in [-0.15, -0.1) is 5.10 Å². The van der Waals surface area contributed by atoms with Gasteiger partial charge in [0.05, 0.1) is 16.4 Å². The predicted molar refractivity (Wildman–Crippen MR) is 92.9 cm³/mol. The number of H-pyrrole nitrogens is 1. The Morgan fingerprint density at radius 2 is 1.96 bits per heavy atom. The van der Waals surface area contributed by atoms with Gasteiger partial charge in [0.1, 0.15) is 11.0 Å². The van der Waals surface area contributed by atoms with E-state index in [9.17, 15) is 4.79 Å². The number of rotatable bonds is 3. The van der Waals surface area contributed by atoms with E-state index in [0.29, 0.717) is 27.6 Å². The van der Waals surface area contributed by atoms with Crippen molar-refractivity contribution in [1.82, 2.24) is 30.4 Å². The third-order valence-corrected chi connectivity index (χ3v) is 4.08. The first-order valence-electron chi connectivity index (χ1n) is 7.42. The number of aromatic nitrogens is 6. The number of carbonyl (C=O) groups is 1. The molecule has 0 bridgehead atoms. The highest BCUT2D eigenvalue weighted by Gasteiger charge is 2.18. The second-order valence-electron chi connectivity index (χ2n) is 5.37. The molecule has 1 amide bonds. The summed E-state index contributed by atoms with van der Waals surface area (Å²) in [6.07, 6.45) is 0. The third kappa shape index (κ3) is 2.72. The van der Waals surface area contributed by atoms with Gasteiger partial charge in [-0.05, 0) is 37.3 Å². The first-order chi connectivity index (χ1) is 12.1. The first-order valence-corrected chi connectivity index (χ1v) is 7.80. The number of carbonyl (C=O) groups excluding carboxylic acids is 1. The zero-order valence-corrected chi connectivity index (χ0v) is 13.8. The molecule has 0 radical (unpaired) electrons. The van der Waals surface area contributed by atoms with Gasteiger partial charge in [-0.25, -0.2) is 4.68 Å². The molecule has 124 valence electrons. The standard InChI is InChI=1S/C16H12ClN7O/c1-9-15(21-23-24(9)14-5-3-2-4-11(14)17)16(25)18-10-6-7-12-13(8-10)20-22-19-12/h2-8H,1H3,(H,18,25)(H,19,20,22). The van der Waals surface area contributed by atoms with Gasteiger partial charge in [0, 0.05) is 5.69 Å². The van der Waals surface area contributed by atoms with Crippen molar-refractivity contribution in [2.45, 2.75) is 6.92 Å². The van der Waals surface area contributed by atoms with Gasteiger partial charge in [0.2, 0.25) is 0 Å². The van der Waals surface area contributed by atoms with Crippen LogP contribution in [0.15, 0.2) is 42.5 Å². The molecule has 4 aromatic rings. The fourth-order valence-electron chi connectivity index (χ4n) is 2.50. The molecular weight excluding hydrogens is 342 g/mol. The number of amides is 1. The quantitative estimate of drug-likeness (QED) is 0.589. The summed E-state index contributed by atoms with van der Waals surface area (Å²) in [6.45, 7) is 1.76. The second-order valence-corrected chi connectivity index (χ2v) is 5.78. The van der Waals surface area contributed by atoms with E-state index in [2.05, 4.69) is 31.0 Å². The largest absolute Gasteiger partial charge is 0.320 e. The zero-order valence-electron chi connectivity index (χ0n) is 13.1. The summed E-state index contributed by atoms with van der Waals surface area (Å²) < 4.78 is 1.54. The van der Waals surface area contributed by atoms with Crippen LogP contribution in [0, 0.1) is 6.92 Å². The summed E-state index contributed by atoms with van der Waals surface area (Å²) >= 11 is 6.19. The minimum Gasteiger partial charge on any atom is -0.320 e. The lowest BCUT2D eigenvalue weighted by molar-refractivity contribution is 0.102. The molecule has 0 aliphatic heterocycles. The lowest BCUT2D eigenvalue weighted by atomic mass is 10.2. The molecule has 4 rings (SSSR count). The van der Waals surface area contributed by atoms with Crippen LogP contribution in [-0.2, 0) is 0 Å². The van der Waals surface area contributed by atoms with Gasteiger partial charge in [0.15, 0.2) is 5.69 Å². The van der Waals surface area contributed by atoms with Crippen molar-refractivity contribution in [3.05, 3.63) is 58.9 Å². The van der Waals surface area contributed by atoms with Crippen LogP contribution in [0.1, 0.15) is 16.2 Å². The topological polar surface area (TPSA) is 101 Å². The average Bonchev–Trinajstić information content (AvgIpc) is 3.21. The molecule has 2 aromatic heterocycles. The summed E-state index contributed by atoms with van der Waals surface area (Å²) in [5.41, 5.74) is 3.46. The predicted octanol–water partition coefficient (Wildman–Crippen LogP) is 2.75. The molecule has 25 heavy (non-hydrogen) atoms. The lowest BCUT2D eigenvalue weighted by Crippen LogP contribution is -2.14. The Morgan fingerprint density at radius 1 is 1.16 bits per heavy atom. The van der Waals surface area contributed by atoms with E-state index < -0.39 is 0 Å². The fraction of sp³-hybridized carbons (Fsp3) is 0.0625. The van der Waals surface area contributed by atoms with Crippen molar-refractivity contribution in [3.8, 4) is 5.69 Å². The molecule has 0 fully saturated rings. The first kappa shape index (κ1) is 15.3. The van der Waals surface area contributed by atoms with Gasteiger partial charge < -0.3 is 5.32 Å². The van der Waals surface area contributed by atoms with E-state index in [1.54, 1.807) is 31.2 Å². The van der Waals surface area contributed by atoms with Crippen molar-refractivity contribution < 1.29 is 4.79 Å². The molecule has 0 aliphatic rings. The molecule has 9 heteroatoms. The molecule has 0 saturated carbocycles. The smallest absolute Gasteiger partial charge is 0.278 e. The van der Waals surface area contributed by atoms with Crippen LogP contribution in [0.5, 0.6) is 0 Å². The summed E-state index contributed by atoms with van der Waals surface area (Å²) in [5.74, 6) is -0.362. The molecule has 0 atom stereocenters. The Morgan fingerprint density at radius 3 is 2.80 bits per heavy atom. The molecule has 0 aliphatic carbocycles. The molecular formula is C16H12ClN7O. The minimum absolute atomic E-state index is 0.222. The molecule has 2 heterocycles. The monoisotopic (exact) mass is 353 g/mol. The van der Waals surface area contributed by atoms with E-state index in [1.807, 2.05) is 18.2 Å². The Labute approximate surface area is 146 Å². The number of hydrogen-bond acceptors (Lipinski definition) is 5. The molecule has 0 saturated heterocycles. The highest BCUT2D eigenvalue weighted by Crippen LogP contribution is 2.22. The van der Waals surface area contributed by atoms with Crippen LogP contribution in [0.25, 0.3) is 16.7 Å². The van der Waals surface area contributed by atoms with E-state index in [4.69, 9.17) is 11.6 Å². The number of nitrogens with one attached hydrogen (secondary N) is 2. The molecule has 2 N–H and O–H groups in total. The molecule has 0 spiro atoms. The van der Waals surface area contributed by atoms with Crippen molar-refractivity contribution in [2.75, 3.05) is 5.32 Å². The van der Waals surface area contributed by atoms with Gasteiger partial charge in [-0.2, -0.15) is 15.4 Å². The molecule has 2 aromatic carbocycles. The van der Waals surface area contributed by atoms with Gasteiger partial charge in [-0.1, -0.05) is 28.9 Å². The summed E-state index contributed by atoms with van der Waals surface area (Å²) in [6, 6.07) is 12.5. The maximum Gasteiger partial charge on any atom is 0.278 e. The molecule has 0 unspecified atom stereocenters. The van der Waals surface area contributed by atoms with E-state index in [-0.39, 0.29) is 11.6 Å². The summed E-state index contributed by atoms with van der Waals surface area (Å²) in [4.78, 5) is 12.5. The van der Waals surface area contributed by atoms with Crippen molar-refractivity contribution >= 4 is 34.2 Å². The maximum atomic E-state index is 12.5. The van der Waals surface area contributed by atoms with E-state index in [0.717, 1.165) is 5.52 Å². The second kappa shape index (κ2) is 5.99. The number of para-hydroxylation sites is 1. The van der Waals surface area contributed by atoms with Crippen LogP contribution >= 0.6 is 11.6 Å². The Balaban J connectivity index is 1.63.